The summed E-state index contributed by atoms with van der Waals surface area (Å²) in [7, 11) is 1.59. The Balaban J connectivity index is 1.70. The number of carbonyl (C=O) groups is 2. The number of hydrogen-bond acceptors (Lipinski definition) is 6. The second-order valence-corrected chi connectivity index (χ2v) is 6.74. The Morgan fingerprint density at radius 2 is 2.28 bits per heavy atom. The summed E-state index contributed by atoms with van der Waals surface area (Å²) in [6.45, 7) is 1.07. The zero-order valence-corrected chi connectivity index (χ0v) is 14.5. The number of carbonyl (C=O) groups excluding carboxylic acids is 2. The maximum Gasteiger partial charge on any atom is 0.251 e. The van der Waals surface area contributed by atoms with E-state index in [-0.39, 0.29) is 17.7 Å². The number of nitrogens with one attached hydrogen (secondary N) is 2. The third-order valence-electron chi connectivity index (χ3n) is 4.07. The highest BCUT2D eigenvalue weighted by molar-refractivity contribution is 7.19. The Hall–Kier alpha value is -2.92. The molecule has 0 bridgehead atoms. The van der Waals surface area contributed by atoms with Crippen LogP contribution in [0.15, 0.2) is 30.5 Å². The fourth-order valence-corrected chi connectivity index (χ4v) is 3.51. The van der Waals surface area contributed by atoms with Gasteiger partial charge in [-0.1, -0.05) is 23.5 Å². The summed E-state index contributed by atoms with van der Waals surface area (Å²) in [5, 5.41) is 14.8. The van der Waals surface area contributed by atoms with Gasteiger partial charge in [-0.15, -0.1) is 0 Å². The van der Waals surface area contributed by atoms with Crippen LogP contribution in [-0.4, -0.2) is 41.8 Å². The SMILES string of the molecule is CNC(=O)c1cccc(-c2cnc(NC(=O)[C@H]3CCN(C#N)C3)s2)c1. The summed E-state index contributed by atoms with van der Waals surface area (Å²) in [4.78, 5) is 30.7. The van der Waals surface area contributed by atoms with Crippen molar-refractivity contribution in [2.24, 2.45) is 5.92 Å². The Kier molecular flexibility index (Phi) is 4.95. The Labute approximate surface area is 149 Å². The van der Waals surface area contributed by atoms with Crippen LogP contribution in [0.1, 0.15) is 16.8 Å². The molecule has 0 saturated carbocycles. The highest BCUT2D eigenvalue weighted by Gasteiger charge is 2.28. The van der Waals surface area contributed by atoms with Gasteiger partial charge in [0.1, 0.15) is 0 Å². The molecule has 128 valence electrons. The lowest BCUT2D eigenvalue weighted by molar-refractivity contribution is -0.119. The fraction of sp³-hybridized carbons (Fsp3) is 0.294. The largest absolute Gasteiger partial charge is 0.355 e. The summed E-state index contributed by atoms with van der Waals surface area (Å²) < 4.78 is 0. The van der Waals surface area contributed by atoms with Gasteiger partial charge >= 0.3 is 0 Å². The number of likely N-dealkylation sites (tertiary alicyclic amines) is 1. The van der Waals surface area contributed by atoms with Gasteiger partial charge in [0.15, 0.2) is 11.3 Å². The fourth-order valence-electron chi connectivity index (χ4n) is 2.70. The van der Waals surface area contributed by atoms with E-state index in [0.29, 0.717) is 30.2 Å². The molecule has 1 aromatic carbocycles. The van der Waals surface area contributed by atoms with E-state index in [9.17, 15) is 9.59 Å². The van der Waals surface area contributed by atoms with Crippen LogP contribution in [0.4, 0.5) is 5.13 Å². The average molecular weight is 355 g/mol. The molecule has 1 saturated heterocycles. The van der Waals surface area contributed by atoms with Crippen molar-refractivity contribution in [1.29, 1.82) is 5.26 Å². The highest BCUT2D eigenvalue weighted by atomic mass is 32.1. The molecular weight excluding hydrogens is 338 g/mol. The molecule has 2 heterocycles. The van der Waals surface area contributed by atoms with E-state index in [1.54, 1.807) is 30.3 Å². The second-order valence-electron chi connectivity index (χ2n) is 5.71. The molecule has 2 aromatic rings. The van der Waals surface area contributed by atoms with Crippen molar-refractivity contribution >= 4 is 28.3 Å². The normalized spacial score (nSPS) is 16.3. The van der Waals surface area contributed by atoms with Crippen molar-refractivity contribution < 1.29 is 9.59 Å². The number of aromatic nitrogens is 1. The van der Waals surface area contributed by atoms with Crippen molar-refractivity contribution in [2.45, 2.75) is 6.42 Å². The number of nitrogens with zero attached hydrogens (tertiary/aromatic N) is 3. The molecule has 7 nitrogen and oxygen atoms in total. The summed E-state index contributed by atoms with van der Waals surface area (Å²) in [5.74, 6) is -0.454. The summed E-state index contributed by atoms with van der Waals surface area (Å²) in [6.07, 6.45) is 4.42. The first-order valence-corrected chi connectivity index (χ1v) is 8.66. The lowest BCUT2D eigenvalue weighted by atomic mass is 10.1. The molecule has 8 heteroatoms. The summed E-state index contributed by atoms with van der Waals surface area (Å²) in [6, 6.07) is 7.24. The molecule has 0 unspecified atom stereocenters. The van der Waals surface area contributed by atoms with Crippen LogP contribution in [0.3, 0.4) is 0 Å². The van der Waals surface area contributed by atoms with Crippen LogP contribution in [0.25, 0.3) is 10.4 Å². The monoisotopic (exact) mass is 355 g/mol. The molecule has 0 radical (unpaired) electrons. The van der Waals surface area contributed by atoms with Crippen molar-refractivity contribution in [3.05, 3.63) is 36.0 Å². The van der Waals surface area contributed by atoms with Gasteiger partial charge in [-0.3, -0.25) is 9.59 Å². The topological polar surface area (TPSA) is 98.1 Å². The van der Waals surface area contributed by atoms with E-state index in [1.165, 1.54) is 11.3 Å². The van der Waals surface area contributed by atoms with E-state index in [2.05, 4.69) is 21.8 Å². The van der Waals surface area contributed by atoms with Crippen LogP contribution < -0.4 is 10.6 Å². The molecule has 0 spiro atoms. The van der Waals surface area contributed by atoms with Gasteiger partial charge in [0.2, 0.25) is 5.91 Å². The number of rotatable bonds is 4. The predicted octanol–water partition coefficient (Wildman–Crippen LogP) is 1.91. The minimum atomic E-state index is -0.191. The number of nitriles is 1. The standard InChI is InChI=1S/C17H17N5O2S/c1-19-15(23)12-4-2-3-11(7-12)14-8-20-17(25-14)21-16(24)13-5-6-22(9-13)10-18/h2-4,7-8,13H,5-6,9H2,1H3,(H,19,23)(H,20,21,24)/t13-/m0/s1. The van der Waals surface area contributed by atoms with Crippen LogP contribution >= 0.6 is 11.3 Å². The quantitative estimate of drug-likeness (QED) is 0.817. The molecule has 2 N–H and O–H groups in total. The van der Waals surface area contributed by atoms with E-state index in [1.807, 2.05) is 12.1 Å². The molecule has 3 rings (SSSR count). The van der Waals surface area contributed by atoms with Crippen LogP contribution in [-0.2, 0) is 4.79 Å². The van der Waals surface area contributed by atoms with E-state index in [0.717, 1.165) is 10.4 Å². The molecule has 0 aliphatic carbocycles. The van der Waals surface area contributed by atoms with Gasteiger partial charge in [-0.2, -0.15) is 5.26 Å². The first-order valence-electron chi connectivity index (χ1n) is 7.84. The first-order chi connectivity index (χ1) is 12.1. The van der Waals surface area contributed by atoms with Crippen molar-refractivity contribution in [3.63, 3.8) is 0 Å². The first kappa shape index (κ1) is 16.9. The minimum absolute atomic E-state index is 0.113. The number of anilines is 1. The maximum absolute atomic E-state index is 12.3. The van der Waals surface area contributed by atoms with Crippen molar-refractivity contribution in [2.75, 3.05) is 25.5 Å². The number of benzene rings is 1. The summed E-state index contributed by atoms with van der Waals surface area (Å²) >= 11 is 1.35. The van der Waals surface area contributed by atoms with E-state index < -0.39 is 0 Å². The van der Waals surface area contributed by atoms with Crippen LogP contribution in [0, 0.1) is 17.4 Å². The Morgan fingerprint density at radius 3 is 3.00 bits per heavy atom. The lowest BCUT2D eigenvalue weighted by Gasteiger charge is -2.08. The molecule has 25 heavy (non-hydrogen) atoms. The number of thiazole rings is 1. The van der Waals surface area contributed by atoms with Gasteiger partial charge in [-0.25, -0.2) is 4.98 Å². The zero-order valence-electron chi connectivity index (χ0n) is 13.7. The Morgan fingerprint density at radius 1 is 1.44 bits per heavy atom. The van der Waals surface area contributed by atoms with Gasteiger partial charge in [-0.05, 0) is 24.1 Å². The molecule has 1 aliphatic rings. The van der Waals surface area contributed by atoms with Gasteiger partial charge < -0.3 is 15.5 Å². The van der Waals surface area contributed by atoms with E-state index >= 15 is 0 Å². The second kappa shape index (κ2) is 7.32. The predicted molar refractivity (Wildman–Crippen MR) is 94.9 cm³/mol. The lowest BCUT2D eigenvalue weighted by Crippen LogP contribution is -2.25. The third kappa shape index (κ3) is 3.78. The summed E-state index contributed by atoms with van der Waals surface area (Å²) in [5.41, 5.74) is 1.44. The minimum Gasteiger partial charge on any atom is -0.355 e. The van der Waals surface area contributed by atoms with Gasteiger partial charge in [0, 0.05) is 31.9 Å². The Bertz CT molecular complexity index is 842. The molecule has 2 amide bonds. The maximum atomic E-state index is 12.3. The van der Waals surface area contributed by atoms with Crippen LogP contribution in [0.5, 0.6) is 0 Å². The zero-order chi connectivity index (χ0) is 17.8. The molecular formula is C17H17N5O2S. The van der Waals surface area contributed by atoms with Gasteiger partial charge in [0.25, 0.3) is 5.91 Å². The highest BCUT2D eigenvalue weighted by Crippen LogP contribution is 2.30. The molecule has 1 atom stereocenters. The molecule has 1 fully saturated rings. The molecule has 1 aliphatic heterocycles. The van der Waals surface area contributed by atoms with Crippen molar-refractivity contribution in [1.82, 2.24) is 15.2 Å². The molecule has 1 aromatic heterocycles. The third-order valence-corrected chi connectivity index (χ3v) is 5.03. The average Bonchev–Trinajstić information content (AvgIpc) is 3.30. The number of hydrogen-bond donors (Lipinski definition) is 2. The van der Waals surface area contributed by atoms with Gasteiger partial charge in [0.05, 0.1) is 10.8 Å². The smallest absolute Gasteiger partial charge is 0.251 e. The van der Waals surface area contributed by atoms with E-state index in [4.69, 9.17) is 5.26 Å². The van der Waals surface area contributed by atoms with Crippen molar-refractivity contribution in [3.8, 4) is 16.6 Å². The number of amides is 2. The van der Waals surface area contributed by atoms with Crippen LogP contribution in [0.2, 0.25) is 0 Å².